The predicted molar refractivity (Wildman–Crippen MR) is 103 cm³/mol. The number of aromatic nitrogens is 1. The third-order valence-electron chi connectivity index (χ3n) is 4.32. The van der Waals surface area contributed by atoms with Crippen molar-refractivity contribution in [3.63, 3.8) is 0 Å². The first kappa shape index (κ1) is 18.3. The van der Waals surface area contributed by atoms with E-state index in [4.69, 9.17) is 16.3 Å². The lowest BCUT2D eigenvalue weighted by Gasteiger charge is -2.36. The number of nitrogens with zero attached hydrogens (tertiary/aromatic N) is 3. The fourth-order valence-electron chi connectivity index (χ4n) is 2.97. The Balaban J connectivity index is 1.52. The van der Waals surface area contributed by atoms with Gasteiger partial charge in [-0.15, -0.1) is 0 Å². The number of para-hydroxylation sites is 1. The Morgan fingerprint density at radius 3 is 2.69 bits per heavy atom. The van der Waals surface area contributed by atoms with Crippen LogP contribution in [-0.4, -0.2) is 48.7 Å². The highest BCUT2D eigenvalue weighted by Gasteiger charge is 2.22. The number of ether oxygens (including phenoxy) is 1. The molecule has 0 unspecified atom stereocenters. The van der Waals surface area contributed by atoms with Gasteiger partial charge < -0.3 is 19.9 Å². The van der Waals surface area contributed by atoms with Gasteiger partial charge in [-0.1, -0.05) is 29.8 Å². The standard InChI is InChI=1S/C19H23ClN4O2/c1-2-26-18-15(6-5-9-21-18)14-22-19(25)24-12-10-23(11-13-24)17-8-4-3-7-16(17)20/h3-9H,2,10-14H2,1H3,(H,22,25). The van der Waals surface area contributed by atoms with Gasteiger partial charge in [-0.2, -0.15) is 0 Å². The van der Waals surface area contributed by atoms with Crippen molar-refractivity contribution in [2.45, 2.75) is 13.5 Å². The number of amides is 2. The fourth-order valence-corrected chi connectivity index (χ4v) is 3.22. The van der Waals surface area contributed by atoms with E-state index in [-0.39, 0.29) is 6.03 Å². The second kappa shape index (κ2) is 8.76. The van der Waals surface area contributed by atoms with E-state index in [1.54, 1.807) is 6.20 Å². The zero-order valence-electron chi connectivity index (χ0n) is 14.8. The number of rotatable bonds is 5. The summed E-state index contributed by atoms with van der Waals surface area (Å²) >= 11 is 6.26. The van der Waals surface area contributed by atoms with Crippen molar-refractivity contribution in [1.29, 1.82) is 0 Å². The lowest BCUT2D eigenvalue weighted by molar-refractivity contribution is 0.193. The maximum Gasteiger partial charge on any atom is 0.317 e. The average molecular weight is 375 g/mol. The van der Waals surface area contributed by atoms with Gasteiger partial charge in [-0.05, 0) is 25.1 Å². The highest BCUT2D eigenvalue weighted by Crippen LogP contribution is 2.26. The van der Waals surface area contributed by atoms with Crippen molar-refractivity contribution in [3.8, 4) is 5.88 Å². The Labute approximate surface area is 158 Å². The molecule has 1 aromatic carbocycles. The van der Waals surface area contributed by atoms with Crippen LogP contribution >= 0.6 is 11.6 Å². The molecule has 0 atom stereocenters. The second-order valence-corrected chi connectivity index (χ2v) is 6.39. The number of pyridine rings is 1. The summed E-state index contributed by atoms with van der Waals surface area (Å²) in [5, 5.41) is 3.70. The van der Waals surface area contributed by atoms with Crippen LogP contribution in [0.3, 0.4) is 0 Å². The molecule has 138 valence electrons. The van der Waals surface area contributed by atoms with Gasteiger partial charge in [0.2, 0.25) is 5.88 Å². The second-order valence-electron chi connectivity index (χ2n) is 5.98. The van der Waals surface area contributed by atoms with Crippen LogP contribution in [0.15, 0.2) is 42.6 Å². The van der Waals surface area contributed by atoms with Gasteiger partial charge in [0, 0.05) is 44.5 Å². The largest absolute Gasteiger partial charge is 0.478 e. The Morgan fingerprint density at radius 1 is 1.19 bits per heavy atom. The molecule has 1 N–H and O–H groups in total. The van der Waals surface area contributed by atoms with E-state index in [1.165, 1.54) is 0 Å². The number of carbonyl (C=O) groups is 1. The average Bonchev–Trinajstić information content (AvgIpc) is 2.68. The zero-order chi connectivity index (χ0) is 18.4. The summed E-state index contributed by atoms with van der Waals surface area (Å²) in [5.41, 5.74) is 1.89. The molecule has 2 amide bonds. The molecular formula is C19H23ClN4O2. The first-order chi connectivity index (χ1) is 12.7. The molecule has 0 bridgehead atoms. The minimum Gasteiger partial charge on any atom is -0.478 e. The van der Waals surface area contributed by atoms with Gasteiger partial charge in [0.15, 0.2) is 0 Å². The summed E-state index contributed by atoms with van der Waals surface area (Å²) in [7, 11) is 0. The molecule has 1 aliphatic rings. The van der Waals surface area contributed by atoms with Crippen LogP contribution in [0.25, 0.3) is 0 Å². The van der Waals surface area contributed by atoms with E-state index >= 15 is 0 Å². The molecule has 3 rings (SSSR count). The lowest BCUT2D eigenvalue weighted by atomic mass is 10.2. The van der Waals surface area contributed by atoms with Crippen molar-refractivity contribution >= 4 is 23.3 Å². The van der Waals surface area contributed by atoms with Gasteiger partial charge in [0.1, 0.15) is 0 Å². The first-order valence-electron chi connectivity index (χ1n) is 8.78. The Bertz CT molecular complexity index is 748. The number of piperazine rings is 1. The van der Waals surface area contributed by atoms with Crippen LogP contribution in [-0.2, 0) is 6.54 Å². The molecule has 26 heavy (non-hydrogen) atoms. The van der Waals surface area contributed by atoms with Gasteiger partial charge in [-0.3, -0.25) is 0 Å². The molecule has 1 aliphatic heterocycles. The van der Waals surface area contributed by atoms with Crippen molar-refractivity contribution in [3.05, 3.63) is 53.2 Å². The Hall–Kier alpha value is -2.47. The van der Waals surface area contributed by atoms with Gasteiger partial charge in [0.05, 0.1) is 17.3 Å². The smallest absolute Gasteiger partial charge is 0.317 e. The Morgan fingerprint density at radius 2 is 1.96 bits per heavy atom. The van der Waals surface area contributed by atoms with Gasteiger partial charge >= 0.3 is 6.03 Å². The number of hydrogen-bond donors (Lipinski definition) is 1. The van der Waals surface area contributed by atoms with Crippen molar-refractivity contribution in [2.75, 3.05) is 37.7 Å². The van der Waals surface area contributed by atoms with E-state index in [1.807, 2.05) is 48.2 Å². The first-order valence-corrected chi connectivity index (χ1v) is 9.15. The number of hydrogen-bond acceptors (Lipinski definition) is 4. The SMILES string of the molecule is CCOc1ncccc1CNC(=O)N1CCN(c2ccccc2Cl)CC1. The minimum absolute atomic E-state index is 0.0740. The molecule has 0 spiro atoms. The van der Waals surface area contributed by atoms with Crippen LogP contribution in [0.5, 0.6) is 5.88 Å². The molecule has 1 saturated heterocycles. The summed E-state index contributed by atoms with van der Waals surface area (Å²) in [5.74, 6) is 0.568. The highest BCUT2D eigenvalue weighted by atomic mass is 35.5. The van der Waals surface area contributed by atoms with Gasteiger partial charge in [-0.25, -0.2) is 9.78 Å². The van der Waals surface area contributed by atoms with E-state index < -0.39 is 0 Å². The molecule has 0 radical (unpaired) electrons. The van der Waals surface area contributed by atoms with Crippen LogP contribution in [0.2, 0.25) is 5.02 Å². The molecule has 0 aliphatic carbocycles. The van der Waals surface area contributed by atoms with Crippen LogP contribution in [0.1, 0.15) is 12.5 Å². The monoisotopic (exact) mass is 374 g/mol. The lowest BCUT2D eigenvalue weighted by Crippen LogP contribution is -2.51. The maximum atomic E-state index is 12.5. The number of benzene rings is 1. The number of nitrogens with one attached hydrogen (secondary N) is 1. The van der Waals surface area contributed by atoms with Crippen LogP contribution in [0, 0.1) is 0 Å². The zero-order valence-corrected chi connectivity index (χ0v) is 15.6. The minimum atomic E-state index is -0.0740. The van der Waals surface area contributed by atoms with Gasteiger partial charge in [0.25, 0.3) is 0 Å². The van der Waals surface area contributed by atoms with Crippen LogP contribution in [0.4, 0.5) is 10.5 Å². The topological polar surface area (TPSA) is 57.7 Å². The van der Waals surface area contributed by atoms with Crippen molar-refractivity contribution in [1.82, 2.24) is 15.2 Å². The number of halogens is 1. The normalized spacial score (nSPS) is 14.2. The number of urea groups is 1. The number of anilines is 1. The summed E-state index contributed by atoms with van der Waals surface area (Å²) in [6.07, 6.45) is 1.68. The maximum absolute atomic E-state index is 12.5. The van der Waals surface area contributed by atoms with E-state index in [0.717, 1.165) is 29.4 Å². The summed E-state index contributed by atoms with van der Waals surface area (Å²) in [4.78, 5) is 20.7. The van der Waals surface area contributed by atoms with Crippen LogP contribution < -0.4 is 15.0 Å². The summed E-state index contributed by atoms with van der Waals surface area (Å²) in [6.45, 7) is 5.68. The molecule has 1 aromatic heterocycles. The summed E-state index contributed by atoms with van der Waals surface area (Å²) in [6, 6.07) is 11.5. The molecule has 6 nitrogen and oxygen atoms in total. The molecule has 7 heteroatoms. The van der Waals surface area contributed by atoms with E-state index in [9.17, 15) is 4.79 Å². The third-order valence-corrected chi connectivity index (χ3v) is 4.64. The molecular weight excluding hydrogens is 352 g/mol. The van der Waals surface area contributed by atoms with Crippen molar-refractivity contribution < 1.29 is 9.53 Å². The quantitative estimate of drug-likeness (QED) is 0.873. The molecule has 2 heterocycles. The van der Waals surface area contributed by atoms with Crippen molar-refractivity contribution in [2.24, 2.45) is 0 Å². The highest BCUT2D eigenvalue weighted by molar-refractivity contribution is 6.33. The molecule has 2 aromatic rings. The fraction of sp³-hybridized carbons (Fsp3) is 0.368. The number of carbonyl (C=O) groups excluding carboxylic acids is 1. The third kappa shape index (κ3) is 4.38. The molecule has 1 fully saturated rings. The van der Waals surface area contributed by atoms with E-state index in [0.29, 0.717) is 32.1 Å². The molecule has 0 saturated carbocycles. The predicted octanol–water partition coefficient (Wildman–Crippen LogP) is 3.17. The van der Waals surface area contributed by atoms with E-state index in [2.05, 4.69) is 15.2 Å². The Kier molecular flexibility index (Phi) is 6.17. The summed E-state index contributed by atoms with van der Waals surface area (Å²) < 4.78 is 5.49.